The van der Waals surface area contributed by atoms with Crippen LogP contribution < -0.4 is 10.6 Å². The van der Waals surface area contributed by atoms with E-state index in [1.165, 1.54) is 0 Å². The second-order valence-corrected chi connectivity index (χ2v) is 4.36. The molecule has 0 atom stereocenters. The minimum Gasteiger partial charge on any atom is -0.397 e. The third-order valence-electron chi connectivity index (χ3n) is 2.41. The summed E-state index contributed by atoms with van der Waals surface area (Å²) in [7, 11) is 1.95. The Morgan fingerprint density at radius 1 is 1.56 bits per heavy atom. The van der Waals surface area contributed by atoms with Crippen LogP contribution >= 0.6 is 0 Å². The number of anilines is 2. The summed E-state index contributed by atoms with van der Waals surface area (Å²) in [6.45, 7) is 5.24. The fraction of sp³-hybridized carbons (Fsp3) is 0.500. The summed E-state index contributed by atoms with van der Waals surface area (Å²) in [5.41, 5.74) is 6.65. The Balaban J connectivity index is 2.83. The quantitative estimate of drug-likeness (QED) is 0.839. The van der Waals surface area contributed by atoms with E-state index in [9.17, 15) is 0 Å². The summed E-state index contributed by atoms with van der Waals surface area (Å²) in [6.07, 6.45) is 2.66. The maximum absolute atomic E-state index is 9.00. The molecule has 0 unspecified atom stereocenters. The number of aromatic nitrogens is 1. The highest BCUT2D eigenvalue weighted by molar-refractivity contribution is 5.58. The molecule has 0 aliphatic carbocycles. The Morgan fingerprint density at radius 3 is 2.81 bits per heavy atom. The molecule has 16 heavy (non-hydrogen) atoms. The fourth-order valence-corrected chi connectivity index (χ4v) is 1.42. The molecule has 1 aromatic heterocycles. The van der Waals surface area contributed by atoms with E-state index < -0.39 is 0 Å². The molecule has 86 valence electrons. The Morgan fingerprint density at radius 2 is 2.25 bits per heavy atom. The highest BCUT2D eigenvalue weighted by Gasteiger charge is 2.09. The van der Waals surface area contributed by atoms with E-state index in [2.05, 4.69) is 24.9 Å². The van der Waals surface area contributed by atoms with Gasteiger partial charge in [-0.3, -0.25) is 0 Å². The van der Waals surface area contributed by atoms with Crippen LogP contribution in [-0.2, 0) is 0 Å². The van der Waals surface area contributed by atoms with Gasteiger partial charge in [-0.15, -0.1) is 0 Å². The van der Waals surface area contributed by atoms with Crippen LogP contribution in [0.1, 0.15) is 25.8 Å². The number of hydrogen-bond acceptors (Lipinski definition) is 4. The molecule has 0 radical (unpaired) electrons. The highest BCUT2D eigenvalue weighted by atomic mass is 15.2. The lowest BCUT2D eigenvalue weighted by Gasteiger charge is -2.20. The van der Waals surface area contributed by atoms with Crippen molar-refractivity contribution in [2.45, 2.75) is 20.3 Å². The van der Waals surface area contributed by atoms with Crippen LogP contribution in [0.15, 0.2) is 12.3 Å². The van der Waals surface area contributed by atoms with Crippen molar-refractivity contribution < 1.29 is 0 Å². The van der Waals surface area contributed by atoms with Crippen LogP contribution in [0, 0.1) is 17.2 Å². The van der Waals surface area contributed by atoms with Crippen LogP contribution in [-0.4, -0.2) is 18.6 Å². The number of rotatable bonds is 4. The van der Waals surface area contributed by atoms with Gasteiger partial charge in [0, 0.05) is 13.6 Å². The molecule has 0 fully saturated rings. The largest absolute Gasteiger partial charge is 0.397 e. The predicted molar refractivity (Wildman–Crippen MR) is 66.1 cm³/mol. The molecule has 1 rings (SSSR count). The lowest BCUT2D eigenvalue weighted by molar-refractivity contribution is 0.583. The average molecular weight is 218 g/mol. The first kappa shape index (κ1) is 12.3. The molecule has 0 spiro atoms. The Labute approximate surface area is 96.7 Å². The van der Waals surface area contributed by atoms with Gasteiger partial charge in [0.2, 0.25) is 0 Å². The van der Waals surface area contributed by atoms with Crippen molar-refractivity contribution in [2.75, 3.05) is 24.2 Å². The number of hydrogen-bond donors (Lipinski definition) is 1. The van der Waals surface area contributed by atoms with E-state index in [0.29, 0.717) is 23.0 Å². The molecule has 0 saturated carbocycles. The highest BCUT2D eigenvalue weighted by Crippen LogP contribution is 2.18. The zero-order chi connectivity index (χ0) is 12.1. The van der Waals surface area contributed by atoms with Gasteiger partial charge >= 0.3 is 0 Å². The summed E-state index contributed by atoms with van der Waals surface area (Å²) in [4.78, 5) is 6.20. The molecule has 0 bridgehead atoms. The second-order valence-electron chi connectivity index (χ2n) is 4.36. The van der Waals surface area contributed by atoms with E-state index in [4.69, 9.17) is 11.0 Å². The number of nitrogens with two attached hydrogens (primary N) is 1. The zero-order valence-corrected chi connectivity index (χ0v) is 10.1. The Hall–Kier alpha value is -1.76. The van der Waals surface area contributed by atoms with Gasteiger partial charge in [0.25, 0.3) is 0 Å². The van der Waals surface area contributed by atoms with E-state index >= 15 is 0 Å². The lowest BCUT2D eigenvalue weighted by Crippen LogP contribution is -2.22. The maximum atomic E-state index is 9.00. The SMILES string of the molecule is CC(C)CCN(C)c1ncc(N)cc1C#N. The van der Waals surface area contributed by atoms with Crippen molar-refractivity contribution in [3.8, 4) is 6.07 Å². The molecule has 2 N–H and O–H groups in total. The number of nitrogens with zero attached hydrogens (tertiary/aromatic N) is 3. The van der Waals surface area contributed by atoms with Gasteiger partial charge in [0.15, 0.2) is 0 Å². The molecule has 1 aromatic rings. The van der Waals surface area contributed by atoms with Crippen LogP contribution in [0.4, 0.5) is 11.5 Å². The molecule has 0 aliphatic heterocycles. The Bertz CT molecular complexity index is 392. The van der Waals surface area contributed by atoms with E-state index in [1.807, 2.05) is 11.9 Å². The van der Waals surface area contributed by atoms with Crippen LogP contribution in [0.25, 0.3) is 0 Å². The molecule has 0 amide bonds. The second kappa shape index (κ2) is 5.36. The van der Waals surface area contributed by atoms with Gasteiger partial charge in [-0.25, -0.2) is 4.98 Å². The smallest absolute Gasteiger partial charge is 0.146 e. The first-order valence-electron chi connectivity index (χ1n) is 5.41. The monoisotopic (exact) mass is 218 g/mol. The molecule has 0 saturated heterocycles. The first-order chi connectivity index (χ1) is 7.54. The van der Waals surface area contributed by atoms with Crippen LogP contribution in [0.2, 0.25) is 0 Å². The van der Waals surface area contributed by atoms with Crippen LogP contribution in [0.3, 0.4) is 0 Å². The van der Waals surface area contributed by atoms with Crippen molar-refractivity contribution in [1.29, 1.82) is 5.26 Å². The predicted octanol–water partition coefficient (Wildman–Crippen LogP) is 2.02. The summed E-state index contributed by atoms with van der Waals surface area (Å²) in [5, 5.41) is 9.00. The van der Waals surface area contributed by atoms with E-state index in [-0.39, 0.29) is 0 Å². The summed E-state index contributed by atoms with van der Waals surface area (Å²) < 4.78 is 0. The number of nitriles is 1. The minimum absolute atomic E-state index is 0.526. The van der Waals surface area contributed by atoms with Gasteiger partial charge < -0.3 is 10.6 Å². The van der Waals surface area contributed by atoms with Crippen molar-refractivity contribution in [2.24, 2.45) is 5.92 Å². The van der Waals surface area contributed by atoms with Gasteiger partial charge in [0.1, 0.15) is 11.9 Å². The first-order valence-corrected chi connectivity index (χ1v) is 5.41. The Kier molecular flexibility index (Phi) is 4.12. The average Bonchev–Trinajstić information content (AvgIpc) is 2.25. The third-order valence-corrected chi connectivity index (χ3v) is 2.41. The molecular weight excluding hydrogens is 200 g/mol. The zero-order valence-electron chi connectivity index (χ0n) is 10.1. The van der Waals surface area contributed by atoms with E-state index in [1.54, 1.807) is 12.3 Å². The maximum Gasteiger partial charge on any atom is 0.146 e. The topological polar surface area (TPSA) is 65.9 Å². The molecule has 4 heteroatoms. The third kappa shape index (κ3) is 3.13. The molecule has 4 nitrogen and oxygen atoms in total. The van der Waals surface area contributed by atoms with Gasteiger partial charge in [-0.1, -0.05) is 13.8 Å². The van der Waals surface area contributed by atoms with E-state index in [0.717, 1.165) is 13.0 Å². The van der Waals surface area contributed by atoms with Crippen molar-refractivity contribution in [3.05, 3.63) is 17.8 Å². The number of pyridine rings is 1. The van der Waals surface area contributed by atoms with Gasteiger partial charge in [-0.05, 0) is 18.4 Å². The van der Waals surface area contributed by atoms with Crippen molar-refractivity contribution >= 4 is 11.5 Å². The molecule has 0 aromatic carbocycles. The normalized spacial score (nSPS) is 10.2. The van der Waals surface area contributed by atoms with Gasteiger partial charge in [0.05, 0.1) is 17.4 Å². The van der Waals surface area contributed by atoms with Crippen molar-refractivity contribution in [3.63, 3.8) is 0 Å². The summed E-state index contributed by atoms with van der Waals surface area (Å²) >= 11 is 0. The van der Waals surface area contributed by atoms with Crippen LogP contribution in [0.5, 0.6) is 0 Å². The van der Waals surface area contributed by atoms with Gasteiger partial charge in [-0.2, -0.15) is 5.26 Å². The number of nitrogen functional groups attached to an aromatic ring is 1. The fourth-order valence-electron chi connectivity index (χ4n) is 1.42. The minimum atomic E-state index is 0.526. The molecule has 0 aliphatic rings. The summed E-state index contributed by atoms with van der Waals surface area (Å²) in [6, 6.07) is 3.78. The molecule has 1 heterocycles. The lowest BCUT2D eigenvalue weighted by atomic mass is 10.1. The standard InChI is InChI=1S/C12H18N4/c1-9(2)4-5-16(3)12-10(7-13)6-11(14)8-15-12/h6,8-9H,4-5,14H2,1-3H3. The van der Waals surface area contributed by atoms with Crippen molar-refractivity contribution in [1.82, 2.24) is 4.98 Å². The summed E-state index contributed by atoms with van der Waals surface area (Å²) in [5.74, 6) is 1.35. The molecular formula is C12H18N4.